The minimum atomic E-state index is -1.16. The summed E-state index contributed by atoms with van der Waals surface area (Å²) in [6.07, 6.45) is -0.387. The van der Waals surface area contributed by atoms with E-state index >= 15 is 0 Å². The molecule has 4 fully saturated rings. The normalized spacial score (nSPS) is 35.7. The van der Waals surface area contributed by atoms with E-state index in [1.165, 1.54) is 4.90 Å². The van der Waals surface area contributed by atoms with Crippen molar-refractivity contribution in [3.05, 3.63) is 35.9 Å². The summed E-state index contributed by atoms with van der Waals surface area (Å²) in [5, 5.41) is 25.7. The number of benzene rings is 1. The lowest BCUT2D eigenvalue weighted by Crippen LogP contribution is -2.55. The fourth-order valence-electron chi connectivity index (χ4n) is 6.11. The van der Waals surface area contributed by atoms with Gasteiger partial charge in [-0.3, -0.25) is 14.5 Å². The molecule has 5 rings (SSSR count). The number of likely N-dealkylation sites (tertiary alicyclic amines) is 1. The van der Waals surface area contributed by atoms with Crippen molar-refractivity contribution < 1.29 is 34.1 Å². The second kappa shape index (κ2) is 10.0. The van der Waals surface area contributed by atoms with Crippen molar-refractivity contribution in [3.63, 3.8) is 0 Å². The fourth-order valence-corrected chi connectivity index (χ4v) is 6.11. The van der Waals surface area contributed by atoms with Crippen LogP contribution in [0.15, 0.2) is 35.4 Å². The second-order valence-electron chi connectivity index (χ2n) is 9.85. The van der Waals surface area contributed by atoms with E-state index in [1.54, 1.807) is 0 Å². The highest BCUT2D eigenvalue weighted by Gasteiger charge is 2.59. The van der Waals surface area contributed by atoms with E-state index in [-0.39, 0.29) is 43.4 Å². The number of amides is 3. The van der Waals surface area contributed by atoms with E-state index in [2.05, 4.69) is 10.5 Å². The van der Waals surface area contributed by atoms with Gasteiger partial charge in [-0.1, -0.05) is 30.3 Å². The van der Waals surface area contributed by atoms with E-state index in [9.17, 15) is 24.6 Å². The molecule has 0 bridgehead atoms. The van der Waals surface area contributed by atoms with Gasteiger partial charge in [-0.25, -0.2) is 10.2 Å². The Balaban J connectivity index is 1.29. The van der Waals surface area contributed by atoms with Crippen LogP contribution in [0, 0.1) is 23.7 Å². The van der Waals surface area contributed by atoms with Gasteiger partial charge in [0.05, 0.1) is 36.7 Å². The number of fused-ring (bicyclic) bond motifs is 3. The molecule has 2 heterocycles. The van der Waals surface area contributed by atoms with Crippen LogP contribution < -0.4 is 5.43 Å². The summed E-state index contributed by atoms with van der Waals surface area (Å²) >= 11 is 0. The largest absolute Gasteiger partial charge is 0.443 e. The van der Waals surface area contributed by atoms with Crippen molar-refractivity contribution in [3.8, 4) is 0 Å². The number of nitrogens with zero attached hydrogens (tertiary/aromatic N) is 2. The Morgan fingerprint density at radius 2 is 1.89 bits per heavy atom. The quantitative estimate of drug-likeness (QED) is 0.421. The molecule has 0 spiro atoms. The highest BCUT2D eigenvalue weighted by molar-refractivity contribution is 6.06. The van der Waals surface area contributed by atoms with Crippen molar-refractivity contribution in [1.29, 1.82) is 0 Å². The molecule has 2 aliphatic carbocycles. The molecule has 10 heteroatoms. The summed E-state index contributed by atoms with van der Waals surface area (Å²) in [6.45, 7) is 0.951. The van der Waals surface area contributed by atoms with E-state index in [4.69, 9.17) is 9.47 Å². The van der Waals surface area contributed by atoms with Crippen molar-refractivity contribution in [2.75, 3.05) is 13.2 Å². The van der Waals surface area contributed by atoms with Crippen molar-refractivity contribution >= 4 is 23.6 Å². The SMILES string of the molecule is O=C(NN=C1C[C@@H](O)[C@@H](O)[C@@H]2[C@@H]3C(=O)N(C[C@@H]4CCCO4)C(=O)[C@@H]3CC[C@H]12)OCc1ccccc1. The zero-order chi connectivity index (χ0) is 24.5. The summed E-state index contributed by atoms with van der Waals surface area (Å²) in [7, 11) is 0. The van der Waals surface area contributed by atoms with Gasteiger partial charge in [0, 0.05) is 30.6 Å². The van der Waals surface area contributed by atoms with Gasteiger partial charge in [0.15, 0.2) is 0 Å². The Morgan fingerprint density at radius 3 is 2.63 bits per heavy atom. The van der Waals surface area contributed by atoms with Crippen LogP contribution in [0.2, 0.25) is 0 Å². The van der Waals surface area contributed by atoms with Gasteiger partial charge in [0.25, 0.3) is 0 Å². The number of hydrazone groups is 1. The Hall–Kier alpha value is -2.82. The van der Waals surface area contributed by atoms with Gasteiger partial charge >= 0.3 is 6.09 Å². The summed E-state index contributed by atoms with van der Waals surface area (Å²) in [5.41, 5.74) is 3.72. The number of hydrogen-bond donors (Lipinski definition) is 3. The lowest BCUT2D eigenvalue weighted by Gasteiger charge is -2.45. The Kier molecular flexibility index (Phi) is 6.86. The van der Waals surface area contributed by atoms with Gasteiger partial charge in [-0.2, -0.15) is 5.10 Å². The molecular weight excluding hydrogens is 454 g/mol. The molecule has 4 aliphatic rings. The number of rotatable bonds is 5. The molecule has 2 aliphatic heterocycles. The Labute approximate surface area is 203 Å². The number of aliphatic hydroxyl groups is 2. The third-order valence-electron chi connectivity index (χ3n) is 7.78. The van der Waals surface area contributed by atoms with Crippen LogP contribution in [-0.2, 0) is 25.7 Å². The number of carbonyl (C=O) groups excluding carboxylic acids is 3. The molecule has 0 unspecified atom stereocenters. The minimum absolute atomic E-state index is 0.0699. The molecule has 1 aromatic carbocycles. The second-order valence-corrected chi connectivity index (χ2v) is 9.85. The average Bonchev–Trinajstić information content (AvgIpc) is 3.47. The number of aliphatic hydroxyl groups excluding tert-OH is 2. The predicted molar refractivity (Wildman–Crippen MR) is 123 cm³/mol. The van der Waals surface area contributed by atoms with Gasteiger partial charge in [0.2, 0.25) is 11.8 Å². The summed E-state index contributed by atoms with van der Waals surface area (Å²) < 4.78 is 10.8. The number of carbonyl (C=O) groups is 3. The fraction of sp³-hybridized carbons (Fsp3) is 0.600. The molecule has 188 valence electrons. The predicted octanol–water partition coefficient (Wildman–Crippen LogP) is 1.20. The zero-order valence-corrected chi connectivity index (χ0v) is 19.4. The lowest BCUT2D eigenvalue weighted by atomic mass is 9.60. The van der Waals surface area contributed by atoms with Crippen molar-refractivity contribution in [2.45, 2.75) is 57.0 Å². The first kappa shape index (κ1) is 23.9. The standard InChI is InChI=1S/C25H31N3O7/c29-19-11-18(26-27-25(33)35-13-14-5-2-1-3-6-14)16-8-9-17-21(20(16)22(19)30)24(32)28(23(17)31)12-15-7-4-10-34-15/h1-3,5-6,15-17,19-22,29-30H,4,7-13H2,(H,27,33)/t15-,16+,17+,19+,20-,21+,22+/m0/s1. The van der Waals surface area contributed by atoms with E-state index in [1.807, 2.05) is 30.3 Å². The topological polar surface area (TPSA) is 138 Å². The summed E-state index contributed by atoms with van der Waals surface area (Å²) in [5.74, 6) is -2.75. The molecule has 7 atom stereocenters. The van der Waals surface area contributed by atoms with E-state index < -0.39 is 36.1 Å². The monoisotopic (exact) mass is 485 g/mol. The maximum atomic E-state index is 13.4. The average molecular weight is 486 g/mol. The van der Waals surface area contributed by atoms with Gasteiger partial charge in [-0.05, 0) is 31.2 Å². The molecule has 2 saturated heterocycles. The molecular formula is C25H31N3O7. The molecule has 10 nitrogen and oxygen atoms in total. The molecule has 0 radical (unpaired) electrons. The molecule has 2 saturated carbocycles. The van der Waals surface area contributed by atoms with E-state index in [0.717, 1.165) is 18.4 Å². The highest BCUT2D eigenvalue weighted by Crippen LogP contribution is 2.49. The third kappa shape index (κ3) is 4.70. The Morgan fingerprint density at radius 1 is 1.11 bits per heavy atom. The first-order valence-corrected chi connectivity index (χ1v) is 12.3. The van der Waals surface area contributed by atoms with Crippen LogP contribution in [0.5, 0.6) is 0 Å². The van der Waals surface area contributed by atoms with Crippen LogP contribution in [0.4, 0.5) is 4.79 Å². The molecule has 0 aromatic heterocycles. The lowest BCUT2D eigenvalue weighted by molar-refractivity contribution is -0.143. The summed E-state index contributed by atoms with van der Waals surface area (Å²) in [4.78, 5) is 39.9. The van der Waals surface area contributed by atoms with Gasteiger partial charge < -0.3 is 19.7 Å². The molecule has 1 aromatic rings. The van der Waals surface area contributed by atoms with Crippen molar-refractivity contribution in [2.24, 2.45) is 28.8 Å². The zero-order valence-electron chi connectivity index (χ0n) is 19.4. The Bertz CT molecular complexity index is 994. The number of hydrogen-bond acceptors (Lipinski definition) is 8. The smallest absolute Gasteiger partial charge is 0.428 e. The minimum Gasteiger partial charge on any atom is -0.443 e. The first-order valence-electron chi connectivity index (χ1n) is 12.3. The molecule has 35 heavy (non-hydrogen) atoms. The number of imide groups is 1. The van der Waals surface area contributed by atoms with Crippen LogP contribution in [-0.4, -0.2) is 70.2 Å². The van der Waals surface area contributed by atoms with E-state index in [0.29, 0.717) is 25.2 Å². The number of nitrogens with one attached hydrogen (secondary N) is 1. The van der Waals surface area contributed by atoms with Crippen LogP contribution in [0.3, 0.4) is 0 Å². The van der Waals surface area contributed by atoms with Gasteiger partial charge in [0.1, 0.15) is 6.61 Å². The van der Waals surface area contributed by atoms with Crippen LogP contribution >= 0.6 is 0 Å². The molecule has 3 N–H and O–H groups in total. The summed E-state index contributed by atoms with van der Waals surface area (Å²) in [6, 6.07) is 9.23. The van der Waals surface area contributed by atoms with Crippen molar-refractivity contribution in [1.82, 2.24) is 10.3 Å². The maximum Gasteiger partial charge on any atom is 0.428 e. The third-order valence-corrected chi connectivity index (χ3v) is 7.78. The molecule has 3 amide bonds. The van der Waals surface area contributed by atoms with Gasteiger partial charge in [-0.15, -0.1) is 0 Å². The highest BCUT2D eigenvalue weighted by atomic mass is 16.6. The van der Waals surface area contributed by atoms with Crippen LogP contribution in [0.25, 0.3) is 0 Å². The number of ether oxygens (including phenoxy) is 2. The first-order chi connectivity index (χ1) is 16.9. The van der Waals surface area contributed by atoms with Crippen LogP contribution in [0.1, 0.15) is 37.7 Å². The maximum absolute atomic E-state index is 13.4.